The lowest BCUT2D eigenvalue weighted by molar-refractivity contribution is -0.124. The molecule has 1 fully saturated rings. The first-order valence-corrected chi connectivity index (χ1v) is 10.3. The lowest BCUT2D eigenvalue weighted by Gasteiger charge is -2.24. The highest BCUT2D eigenvalue weighted by atomic mass is 32.2. The van der Waals surface area contributed by atoms with E-state index in [0.717, 1.165) is 11.4 Å². The van der Waals surface area contributed by atoms with Gasteiger partial charge in [0.15, 0.2) is 0 Å². The number of sulfonamides is 1. The van der Waals surface area contributed by atoms with E-state index in [-0.39, 0.29) is 10.8 Å². The number of amides is 1. The maximum Gasteiger partial charge on any atom is 0.243 e. The van der Waals surface area contributed by atoms with E-state index in [0.29, 0.717) is 25.9 Å². The van der Waals surface area contributed by atoms with Crippen LogP contribution in [0, 0.1) is 0 Å². The number of nitrogens with zero attached hydrogens (tertiary/aromatic N) is 3. The highest BCUT2D eigenvalue weighted by Gasteiger charge is 2.39. The molecule has 0 bridgehead atoms. The summed E-state index contributed by atoms with van der Waals surface area (Å²) in [7, 11) is 0.0899. The molecule has 1 aliphatic rings. The molecule has 144 valence electrons. The van der Waals surface area contributed by atoms with Crippen molar-refractivity contribution in [3.8, 4) is 0 Å². The van der Waals surface area contributed by atoms with Gasteiger partial charge in [-0.1, -0.05) is 24.3 Å². The van der Waals surface area contributed by atoms with E-state index in [2.05, 4.69) is 10.3 Å². The van der Waals surface area contributed by atoms with E-state index in [4.69, 9.17) is 0 Å². The van der Waals surface area contributed by atoms with Crippen LogP contribution in [0.15, 0.2) is 53.6 Å². The molecule has 1 unspecified atom stereocenters. The van der Waals surface area contributed by atoms with E-state index in [1.54, 1.807) is 36.5 Å². The van der Waals surface area contributed by atoms with Gasteiger partial charge in [0.05, 0.1) is 4.90 Å². The second-order valence-corrected chi connectivity index (χ2v) is 8.58. The number of hydrogen-bond donors (Lipinski definition) is 1. The van der Waals surface area contributed by atoms with Crippen LogP contribution in [0.2, 0.25) is 0 Å². The Hall–Kier alpha value is -2.45. The molecule has 7 nitrogen and oxygen atoms in total. The number of anilines is 1. The molecule has 0 aliphatic carbocycles. The summed E-state index contributed by atoms with van der Waals surface area (Å²) >= 11 is 0. The number of carbonyl (C=O) groups excluding carboxylic acids is 1. The van der Waals surface area contributed by atoms with Crippen LogP contribution < -0.4 is 10.2 Å². The summed E-state index contributed by atoms with van der Waals surface area (Å²) in [6.45, 7) is 0.654. The summed E-state index contributed by atoms with van der Waals surface area (Å²) in [6, 6.07) is 11.3. The van der Waals surface area contributed by atoms with E-state index in [1.807, 2.05) is 31.1 Å². The maximum absolute atomic E-state index is 12.9. The van der Waals surface area contributed by atoms with Gasteiger partial charge in [0, 0.05) is 38.9 Å². The summed E-state index contributed by atoms with van der Waals surface area (Å²) in [5, 5.41) is 2.88. The first kappa shape index (κ1) is 19.3. The van der Waals surface area contributed by atoms with Crippen molar-refractivity contribution < 1.29 is 13.2 Å². The van der Waals surface area contributed by atoms with Crippen LogP contribution in [0.3, 0.4) is 0 Å². The zero-order valence-electron chi connectivity index (χ0n) is 15.5. The standard InChI is InChI=1S/C19H24N4O3S/c1-22(2)18-15(8-6-12-20-18)14-21-19(24)17-11-7-13-23(17)27(25,26)16-9-4-3-5-10-16/h3-6,8-10,12,17H,7,11,13-14H2,1-2H3,(H,21,24). The van der Waals surface area contributed by atoms with Gasteiger partial charge in [-0.3, -0.25) is 4.79 Å². The molecule has 1 amide bonds. The first-order valence-electron chi connectivity index (χ1n) is 8.87. The topological polar surface area (TPSA) is 82.6 Å². The van der Waals surface area contributed by atoms with Crippen molar-refractivity contribution in [3.63, 3.8) is 0 Å². The van der Waals surface area contributed by atoms with E-state index < -0.39 is 16.1 Å². The SMILES string of the molecule is CN(C)c1ncccc1CNC(=O)C1CCCN1S(=O)(=O)c1ccccc1. The molecule has 27 heavy (non-hydrogen) atoms. The first-order chi connectivity index (χ1) is 12.9. The van der Waals surface area contributed by atoms with Crippen molar-refractivity contribution >= 4 is 21.7 Å². The summed E-state index contributed by atoms with van der Waals surface area (Å²) < 4.78 is 27.1. The van der Waals surface area contributed by atoms with Crippen LogP contribution in [0.25, 0.3) is 0 Å². The molecule has 8 heteroatoms. The van der Waals surface area contributed by atoms with E-state index in [9.17, 15) is 13.2 Å². The van der Waals surface area contributed by atoms with Crippen LogP contribution in [0.4, 0.5) is 5.82 Å². The molecule has 1 aromatic heterocycles. The second-order valence-electron chi connectivity index (χ2n) is 6.69. The minimum atomic E-state index is -3.69. The Morgan fingerprint density at radius 1 is 1.22 bits per heavy atom. The molecule has 1 N–H and O–H groups in total. The smallest absolute Gasteiger partial charge is 0.243 e. The molecule has 1 aliphatic heterocycles. The summed E-state index contributed by atoms with van der Waals surface area (Å²) in [6.07, 6.45) is 2.89. The van der Waals surface area contributed by atoms with Gasteiger partial charge >= 0.3 is 0 Å². The zero-order chi connectivity index (χ0) is 19.4. The Bertz CT molecular complexity index is 900. The molecule has 2 heterocycles. The molecule has 1 saturated heterocycles. The predicted molar refractivity (Wildman–Crippen MR) is 104 cm³/mol. The van der Waals surface area contributed by atoms with E-state index in [1.165, 1.54) is 4.31 Å². The largest absolute Gasteiger partial charge is 0.362 e. The Balaban J connectivity index is 1.73. The second kappa shape index (κ2) is 8.06. The number of hydrogen-bond acceptors (Lipinski definition) is 5. The molecule has 1 aromatic carbocycles. The Morgan fingerprint density at radius 3 is 2.67 bits per heavy atom. The molecular formula is C19H24N4O3S. The monoisotopic (exact) mass is 388 g/mol. The quantitative estimate of drug-likeness (QED) is 0.813. The average molecular weight is 388 g/mol. The number of benzene rings is 1. The van der Waals surface area contributed by atoms with Crippen LogP contribution in [-0.4, -0.2) is 50.3 Å². The minimum Gasteiger partial charge on any atom is -0.362 e. The fourth-order valence-electron chi connectivity index (χ4n) is 3.29. The van der Waals surface area contributed by atoms with Gasteiger partial charge in [-0.15, -0.1) is 0 Å². The third-order valence-corrected chi connectivity index (χ3v) is 6.52. The van der Waals surface area contributed by atoms with Crippen LogP contribution >= 0.6 is 0 Å². The van der Waals surface area contributed by atoms with Gasteiger partial charge in [-0.05, 0) is 31.0 Å². The predicted octanol–water partition coefficient (Wildman–Crippen LogP) is 1.62. The van der Waals surface area contributed by atoms with Crippen LogP contribution in [0.1, 0.15) is 18.4 Å². The number of aromatic nitrogens is 1. The molecule has 0 spiro atoms. The number of rotatable bonds is 6. The molecular weight excluding hydrogens is 364 g/mol. The highest BCUT2D eigenvalue weighted by molar-refractivity contribution is 7.89. The highest BCUT2D eigenvalue weighted by Crippen LogP contribution is 2.26. The van der Waals surface area contributed by atoms with Crippen molar-refractivity contribution in [2.75, 3.05) is 25.5 Å². The summed E-state index contributed by atoms with van der Waals surface area (Å²) in [4.78, 5) is 19.1. The van der Waals surface area contributed by atoms with Crippen LogP contribution in [0.5, 0.6) is 0 Å². The average Bonchev–Trinajstić information content (AvgIpc) is 3.18. The lowest BCUT2D eigenvalue weighted by atomic mass is 10.2. The molecule has 0 radical (unpaired) electrons. The Labute approximate surface area is 160 Å². The van der Waals surface area contributed by atoms with Crippen molar-refractivity contribution in [1.82, 2.24) is 14.6 Å². The fraction of sp³-hybridized carbons (Fsp3) is 0.368. The van der Waals surface area contributed by atoms with Crippen molar-refractivity contribution in [3.05, 3.63) is 54.2 Å². The third kappa shape index (κ3) is 4.12. The lowest BCUT2D eigenvalue weighted by Crippen LogP contribution is -2.45. The number of pyridine rings is 1. The van der Waals surface area contributed by atoms with Gasteiger partial charge in [0.1, 0.15) is 11.9 Å². The molecule has 2 aromatic rings. The Morgan fingerprint density at radius 2 is 1.96 bits per heavy atom. The van der Waals surface area contributed by atoms with Gasteiger partial charge in [0.25, 0.3) is 0 Å². The van der Waals surface area contributed by atoms with Gasteiger partial charge in [0.2, 0.25) is 15.9 Å². The van der Waals surface area contributed by atoms with Gasteiger partial charge < -0.3 is 10.2 Å². The maximum atomic E-state index is 12.9. The third-order valence-electron chi connectivity index (χ3n) is 4.60. The minimum absolute atomic E-state index is 0.215. The molecule has 1 atom stereocenters. The van der Waals surface area contributed by atoms with E-state index >= 15 is 0 Å². The summed E-state index contributed by atoms with van der Waals surface area (Å²) in [5.41, 5.74) is 0.881. The van der Waals surface area contributed by atoms with Crippen molar-refractivity contribution in [1.29, 1.82) is 0 Å². The molecule has 0 saturated carbocycles. The molecule has 3 rings (SSSR count). The summed E-state index contributed by atoms with van der Waals surface area (Å²) in [5.74, 6) is 0.499. The van der Waals surface area contributed by atoms with Crippen molar-refractivity contribution in [2.45, 2.75) is 30.3 Å². The number of carbonyl (C=O) groups is 1. The van der Waals surface area contributed by atoms with Crippen LogP contribution in [-0.2, 0) is 21.4 Å². The fourth-order valence-corrected chi connectivity index (χ4v) is 4.97. The Kier molecular flexibility index (Phi) is 5.76. The normalized spacial score (nSPS) is 17.6. The number of nitrogens with one attached hydrogen (secondary N) is 1. The van der Waals surface area contributed by atoms with Gasteiger partial charge in [-0.2, -0.15) is 4.31 Å². The zero-order valence-corrected chi connectivity index (χ0v) is 16.3. The van der Waals surface area contributed by atoms with Gasteiger partial charge in [-0.25, -0.2) is 13.4 Å². The van der Waals surface area contributed by atoms with Crippen molar-refractivity contribution in [2.24, 2.45) is 0 Å².